The van der Waals surface area contributed by atoms with Crippen molar-refractivity contribution in [1.29, 1.82) is 0 Å². The summed E-state index contributed by atoms with van der Waals surface area (Å²) < 4.78 is 25.5. The standard InChI is InChI=1S/C29H31FN2O5/c30-23-16-22(17-26-28(23)37-14-13-36-26)27(34)24(18-32-11-3-4-12-32)31-29(35)25(33)10-8-19-7-9-20-5-1-2-6-21(20)15-19/h1-2,5-7,9,15-17,24,27,34H,3-4,8,10-14,18H2,(H,31,35)/t24-,27-/m1/s1. The molecular formula is C29H31FN2O5. The number of carbonyl (C=O) groups excluding carboxylic acids is 2. The molecule has 0 saturated carbocycles. The zero-order valence-electron chi connectivity index (χ0n) is 20.6. The fourth-order valence-corrected chi connectivity index (χ4v) is 5.02. The minimum absolute atomic E-state index is 0.0196. The first-order chi connectivity index (χ1) is 18.0. The van der Waals surface area contributed by atoms with E-state index in [1.165, 1.54) is 12.1 Å². The van der Waals surface area contributed by atoms with E-state index in [1.807, 2.05) is 42.5 Å². The molecule has 0 bridgehead atoms. The smallest absolute Gasteiger partial charge is 0.287 e. The summed E-state index contributed by atoms with van der Waals surface area (Å²) in [4.78, 5) is 27.8. The van der Waals surface area contributed by atoms with Crippen molar-refractivity contribution in [3.63, 3.8) is 0 Å². The average molecular weight is 507 g/mol. The van der Waals surface area contributed by atoms with Crippen molar-refractivity contribution in [1.82, 2.24) is 10.2 Å². The number of likely N-dealkylation sites (tertiary alicyclic amines) is 1. The number of benzene rings is 3. The molecule has 2 atom stereocenters. The van der Waals surface area contributed by atoms with E-state index < -0.39 is 29.7 Å². The largest absolute Gasteiger partial charge is 0.486 e. The van der Waals surface area contributed by atoms with Crippen LogP contribution in [0, 0.1) is 5.82 Å². The molecule has 2 aliphatic rings. The van der Waals surface area contributed by atoms with Gasteiger partial charge in [-0.15, -0.1) is 0 Å². The minimum Gasteiger partial charge on any atom is -0.486 e. The zero-order valence-corrected chi connectivity index (χ0v) is 20.6. The van der Waals surface area contributed by atoms with Gasteiger partial charge in [-0.2, -0.15) is 0 Å². The molecule has 1 fully saturated rings. The van der Waals surface area contributed by atoms with Crippen LogP contribution in [0.2, 0.25) is 0 Å². The van der Waals surface area contributed by atoms with Crippen molar-refractivity contribution in [2.45, 2.75) is 37.8 Å². The Balaban J connectivity index is 1.27. The second kappa shape index (κ2) is 11.3. The van der Waals surface area contributed by atoms with E-state index in [1.54, 1.807) is 0 Å². The number of aryl methyl sites for hydroxylation is 1. The van der Waals surface area contributed by atoms with Crippen LogP contribution in [0.1, 0.15) is 36.5 Å². The maximum atomic E-state index is 14.6. The predicted octanol–water partition coefficient (Wildman–Crippen LogP) is 3.57. The fourth-order valence-electron chi connectivity index (χ4n) is 5.02. The van der Waals surface area contributed by atoms with E-state index in [-0.39, 0.29) is 36.7 Å². The lowest BCUT2D eigenvalue weighted by molar-refractivity contribution is -0.139. The summed E-state index contributed by atoms with van der Waals surface area (Å²) in [6.07, 6.45) is 1.31. The highest BCUT2D eigenvalue weighted by molar-refractivity contribution is 6.36. The molecule has 37 heavy (non-hydrogen) atoms. The van der Waals surface area contributed by atoms with Crippen LogP contribution in [0.5, 0.6) is 11.5 Å². The zero-order chi connectivity index (χ0) is 25.8. The van der Waals surface area contributed by atoms with Crippen molar-refractivity contribution < 1.29 is 28.6 Å². The number of halogens is 1. The number of amides is 1. The highest BCUT2D eigenvalue weighted by atomic mass is 19.1. The highest BCUT2D eigenvalue weighted by Gasteiger charge is 2.30. The third kappa shape index (κ3) is 5.92. The predicted molar refractivity (Wildman–Crippen MR) is 137 cm³/mol. The van der Waals surface area contributed by atoms with Gasteiger partial charge in [0.15, 0.2) is 17.3 Å². The normalized spacial score (nSPS) is 16.9. The third-order valence-electron chi connectivity index (χ3n) is 7.02. The quantitative estimate of drug-likeness (QED) is 0.432. The Morgan fingerprint density at radius 3 is 2.57 bits per heavy atom. The maximum absolute atomic E-state index is 14.6. The molecule has 1 saturated heterocycles. The van der Waals surface area contributed by atoms with Gasteiger partial charge in [-0.05, 0) is 66.4 Å². The maximum Gasteiger partial charge on any atom is 0.287 e. The molecular weight excluding hydrogens is 475 g/mol. The van der Waals surface area contributed by atoms with E-state index in [4.69, 9.17) is 9.47 Å². The number of Topliss-reactive ketones (excluding diaryl/α,β-unsaturated/α-hetero) is 1. The van der Waals surface area contributed by atoms with Crippen molar-refractivity contribution in [3.8, 4) is 11.5 Å². The summed E-state index contributed by atoms with van der Waals surface area (Å²) in [5, 5.41) is 16.1. The second-order valence-corrected chi connectivity index (χ2v) is 9.66. The molecule has 2 N–H and O–H groups in total. The molecule has 0 unspecified atom stereocenters. The molecule has 0 spiro atoms. The monoisotopic (exact) mass is 506 g/mol. The van der Waals surface area contributed by atoms with Gasteiger partial charge in [-0.3, -0.25) is 9.59 Å². The molecule has 1 amide bonds. The van der Waals surface area contributed by atoms with Crippen LogP contribution in [0.4, 0.5) is 4.39 Å². The molecule has 3 aromatic rings. The van der Waals surface area contributed by atoms with Crippen LogP contribution in [0.15, 0.2) is 54.6 Å². The third-order valence-corrected chi connectivity index (χ3v) is 7.02. The molecule has 194 valence electrons. The summed E-state index contributed by atoms with van der Waals surface area (Å²) in [6.45, 7) is 2.56. The Labute approximate surface area is 215 Å². The van der Waals surface area contributed by atoms with E-state index >= 15 is 0 Å². The van der Waals surface area contributed by atoms with Crippen LogP contribution in [0.25, 0.3) is 10.8 Å². The number of ether oxygens (including phenoxy) is 2. The second-order valence-electron chi connectivity index (χ2n) is 9.66. The van der Waals surface area contributed by atoms with Gasteiger partial charge in [0.05, 0.1) is 6.04 Å². The minimum atomic E-state index is -1.23. The number of aliphatic hydroxyl groups excluding tert-OH is 1. The Morgan fingerprint density at radius 1 is 1.00 bits per heavy atom. The SMILES string of the molecule is O=C(CCc1ccc2ccccc2c1)C(=O)N[C@H](CN1CCCC1)[C@H](O)c1cc(F)c2c(c1)OCCO2. The first-order valence-electron chi connectivity index (χ1n) is 12.8. The number of rotatable bonds is 9. The van der Waals surface area contributed by atoms with Crippen molar-refractivity contribution in [2.24, 2.45) is 0 Å². The molecule has 2 heterocycles. The number of hydrogen-bond donors (Lipinski definition) is 2. The van der Waals surface area contributed by atoms with Gasteiger partial charge < -0.3 is 24.8 Å². The lowest BCUT2D eigenvalue weighted by atomic mass is 9.99. The van der Waals surface area contributed by atoms with Gasteiger partial charge in [0, 0.05) is 13.0 Å². The van der Waals surface area contributed by atoms with E-state index in [9.17, 15) is 19.1 Å². The summed E-state index contributed by atoms with van der Waals surface area (Å²) in [5.74, 6) is -1.70. The van der Waals surface area contributed by atoms with Crippen LogP contribution in [0.3, 0.4) is 0 Å². The molecule has 7 nitrogen and oxygen atoms in total. The molecule has 5 rings (SSSR count). The van der Waals surface area contributed by atoms with E-state index in [0.29, 0.717) is 13.0 Å². The van der Waals surface area contributed by atoms with Gasteiger partial charge in [0.2, 0.25) is 5.78 Å². The molecule has 3 aromatic carbocycles. The molecule has 2 aliphatic heterocycles. The number of nitrogens with one attached hydrogen (secondary N) is 1. The van der Waals surface area contributed by atoms with Crippen LogP contribution < -0.4 is 14.8 Å². The average Bonchev–Trinajstić information content (AvgIpc) is 3.44. The van der Waals surface area contributed by atoms with Gasteiger partial charge >= 0.3 is 0 Å². The van der Waals surface area contributed by atoms with Crippen LogP contribution >= 0.6 is 0 Å². The van der Waals surface area contributed by atoms with E-state index in [2.05, 4.69) is 10.2 Å². The Morgan fingerprint density at radius 2 is 1.76 bits per heavy atom. The van der Waals surface area contributed by atoms with Crippen LogP contribution in [-0.2, 0) is 16.0 Å². The molecule has 0 aliphatic carbocycles. The summed E-state index contributed by atoms with van der Waals surface area (Å²) in [6, 6.07) is 15.9. The summed E-state index contributed by atoms with van der Waals surface area (Å²) in [7, 11) is 0. The van der Waals surface area contributed by atoms with Crippen LogP contribution in [-0.4, -0.2) is 60.6 Å². The first kappa shape index (κ1) is 25.2. The number of fused-ring (bicyclic) bond motifs is 2. The van der Waals surface area contributed by atoms with Gasteiger partial charge in [-0.25, -0.2) is 4.39 Å². The first-order valence-corrected chi connectivity index (χ1v) is 12.8. The highest BCUT2D eigenvalue weighted by Crippen LogP contribution is 2.36. The molecule has 0 radical (unpaired) electrons. The lowest BCUT2D eigenvalue weighted by Gasteiger charge is -2.29. The number of hydrogen-bond acceptors (Lipinski definition) is 6. The Hall–Kier alpha value is -3.49. The van der Waals surface area contributed by atoms with Crippen molar-refractivity contribution in [3.05, 3.63) is 71.5 Å². The fraction of sp³-hybridized carbons (Fsp3) is 0.379. The lowest BCUT2D eigenvalue weighted by Crippen LogP contribution is -2.48. The number of ketones is 1. The van der Waals surface area contributed by atoms with Crippen molar-refractivity contribution >= 4 is 22.5 Å². The van der Waals surface area contributed by atoms with Gasteiger partial charge in [0.25, 0.3) is 5.91 Å². The summed E-state index contributed by atoms with van der Waals surface area (Å²) >= 11 is 0. The van der Waals surface area contributed by atoms with Gasteiger partial charge in [0.1, 0.15) is 19.3 Å². The van der Waals surface area contributed by atoms with Gasteiger partial charge in [-0.1, -0.05) is 42.5 Å². The molecule has 8 heteroatoms. The van der Waals surface area contributed by atoms with Crippen molar-refractivity contribution in [2.75, 3.05) is 32.8 Å². The Bertz CT molecular complexity index is 1290. The number of carbonyl (C=O) groups is 2. The molecule has 0 aromatic heterocycles. The number of aliphatic hydroxyl groups is 1. The van der Waals surface area contributed by atoms with E-state index in [0.717, 1.165) is 42.3 Å². The topological polar surface area (TPSA) is 88.1 Å². The summed E-state index contributed by atoms with van der Waals surface area (Å²) in [5.41, 5.74) is 1.23. The number of nitrogens with zero attached hydrogens (tertiary/aromatic N) is 1. The Kier molecular flexibility index (Phi) is 7.67.